The number of anilines is 1. The third kappa shape index (κ3) is 5.91. The predicted octanol–water partition coefficient (Wildman–Crippen LogP) is 5.52. The van der Waals surface area contributed by atoms with Gasteiger partial charge in [0.15, 0.2) is 0 Å². The second-order valence-corrected chi connectivity index (χ2v) is 8.61. The summed E-state index contributed by atoms with van der Waals surface area (Å²) in [5.74, 6) is 0.0811. The van der Waals surface area contributed by atoms with Crippen molar-refractivity contribution in [3.8, 4) is 0 Å². The summed E-state index contributed by atoms with van der Waals surface area (Å²) in [7, 11) is 0. The number of nitrogens with one attached hydrogen (secondary N) is 1. The van der Waals surface area contributed by atoms with Crippen LogP contribution in [0.5, 0.6) is 0 Å². The largest absolute Gasteiger partial charge is 0.372 e. The first-order valence-corrected chi connectivity index (χ1v) is 11.0. The molecule has 27 heavy (non-hydrogen) atoms. The van der Waals surface area contributed by atoms with Crippen molar-refractivity contribution in [2.24, 2.45) is 0 Å². The summed E-state index contributed by atoms with van der Waals surface area (Å²) in [6, 6.07) is 16.2. The molecule has 3 nitrogen and oxygen atoms in total. The van der Waals surface area contributed by atoms with Gasteiger partial charge in [0.1, 0.15) is 0 Å². The number of carbonyl (C=O) groups is 1. The molecule has 1 aliphatic rings. The molecule has 1 heterocycles. The average molecular weight is 403 g/mol. The summed E-state index contributed by atoms with van der Waals surface area (Å²) >= 11 is 7.52. The molecule has 1 unspecified atom stereocenters. The molecular formula is C22H27ClN2OS. The minimum Gasteiger partial charge on any atom is -0.372 e. The molecule has 0 bridgehead atoms. The van der Waals surface area contributed by atoms with Crippen LogP contribution < -0.4 is 10.2 Å². The van der Waals surface area contributed by atoms with Crippen LogP contribution >= 0.6 is 23.4 Å². The summed E-state index contributed by atoms with van der Waals surface area (Å²) < 4.78 is 0. The Balaban J connectivity index is 1.51. The monoisotopic (exact) mass is 402 g/mol. The van der Waals surface area contributed by atoms with Crippen LogP contribution in [0.25, 0.3) is 0 Å². The molecule has 2 aromatic rings. The van der Waals surface area contributed by atoms with Gasteiger partial charge in [0.2, 0.25) is 5.91 Å². The second-order valence-electron chi connectivity index (χ2n) is 6.90. The number of piperidine rings is 1. The number of thioether (sulfide) groups is 1. The Morgan fingerprint density at radius 2 is 1.74 bits per heavy atom. The smallest absolute Gasteiger partial charge is 0.233 e. The van der Waals surface area contributed by atoms with Crippen molar-refractivity contribution in [2.75, 3.05) is 18.0 Å². The lowest BCUT2D eigenvalue weighted by Gasteiger charge is -2.28. The molecule has 0 aliphatic carbocycles. The standard InChI is InChI=1S/C22H27ClN2OS/c1-2-21(27-20-12-8-18(23)9-13-20)22(26)24-16-17-6-10-19(11-7-17)25-14-4-3-5-15-25/h6-13,21H,2-5,14-16H2,1H3,(H,24,26). The van der Waals surface area contributed by atoms with E-state index in [0.29, 0.717) is 11.6 Å². The van der Waals surface area contributed by atoms with Crippen molar-refractivity contribution < 1.29 is 4.79 Å². The summed E-state index contributed by atoms with van der Waals surface area (Å²) in [6.07, 6.45) is 4.68. The SMILES string of the molecule is CCC(Sc1ccc(Cl)cc1)C(=O)NCc1ccc(N2CCCCC2)cc1. The topological polar surface area (TPSA) is 32.3 Å². The maximum Gasteiger partial charge on any atom is 0.233 e. The number of hydrogen-bond acceptors (Lipinski definition) is 3. The quantitative estimate of drug-likeness (QED) is 0.619. The third-order valence-electron chi connectivity index (χ3n) is 4.88. The zero-order valence-corrected chi connectivity index (χ0v) is 17.4. The number of nitrogens with zero attached hydrogens (tertiary/aromatic N) is 1. The first kappa shape index (κ1) is 20.1. The van der Waals surface area contributed by atoms with Gasteiger partial charge >= 0.3 is 0 Å². The van der Waals surface area contributed by atoms with E-state index in [1.807, 2.05) is 31.2 Å². The van der Waals surface area contributed by atoms with Crippen LogP contribution in [0.2, 0.25) is 5.02 Å². The van der Waals surface area contributed by atoms with Crippen LogP contribution in [0.1, 0.15) is 38.2 Å². The van der Waals surface area contributed by atoms with Crippen molar-refractivity contribution in [3.05, 3.63) is 59.1 Å². The fraction of sp³-hybridized carbons (Fsp3) is 0.409. The highest BCUT2D eigenvalue weighted by atomic mass is 35.5. The van der Waals surface area contributed by atoms with E-state index < -0.39 is 0 Å². The normalized spacial score (nSPS) is 15.4. The zero-order chi connectivity index (χ0) is 19.1. The highest BCUT2D eigenvalue weighted by molar-refractivity contribution is 8.00. The Morgan fingerprint density at radius 1 is 1.07 bits per heavy atom. The van der Waals surface area contributed by atoms with Crippen molar-refractivity contribution in [1.29, 1.82) is 0 Å². The van der Waals surface area contributed by atoms with Gasteiger partial charge in [0.05, 0.1) is 5.25 Å². The molecule has 1 atom stereocenters. The van der Waals surface area contributed by atoms with Gasteiger partial charge in [0.25, 0.3) is 0 Å². The molecule has 1 aliphatic heterocycles. The van der Waals surface area contributed by atoms with Crippen molar-refractivity contribution in [2.45, 2.75) is 49.3 Å². The Morgan fingerprint density at radius 3 is 2.37 bits per heavy atom. The number of hydrogen-bond donors (Lipinski definition) is 1. The van der Waals surface area contributed by atoms with Crippen molar-refractivity contribution in [1.82, 2.24) is 5.32 Å². The number of carbonyl (C=O) groups excluding carboxylic acids is 1. The lowest BCUT2D eigenvalue weighted by Crippen LogP contribution is -2.32. The van der Waals surface area contributed by atoms with Crippen molar-refractivity contribution >= 4 is 35.0 Å². The number of amides is 1. The van der Waals surface area contributed by atoms with Gasteiger partial charge in [-0.3, -0.25) is 4.79 Å². The first-order chi connectivity index (χ1) is 13.2. The van der Waals surface area contributed by atoms with Gasteiger partial charge in [-0.05, 0) is 67.6 Å². The van der Waals surface area contributed by atoms with Crippen molar-refractivity contribution in [3.63, 3.8) is 0 Å². The van der Waals surface area contributed by atoms with Gasteiger partial charge in [-0.15, -0.1) is 11.8 Å². The molecule has 0 saturated carbocycles. The highest BCUT2D eigenvalue weighted by Gasteiger charge is 2.17. The van der Waals surface area contributed by atoms with Crippen LogP contribution in [0, 0.1) is 0 Å². The van der Waals surface area contributed by atoms with E-state index in [9.17, 15) is 4.79 Å². The zero-order valence-electron chi connectivity index (χ0n) is 15.8. The number of rotatable bonds is 7. The molecule has 0 aromatic heterocycles. The Kier molecular flexibility index (Phi) is 7.48. The number of halogens is 1. The molecule has 2 aromatic carbocycles. The maximum absolute atomic E-state index is 12.6. The second kappa shape index (κ2) is 10.0. The Labute approximate surface area is 171 Å². The van der Waals surface area contributed by atoms with E-state index in [-0.39, 0.29) is 11.2 Å². The van der Waals surface area contributed by atoms with Crippen LogP contribution in [0.15, 0.2) is 53.4 Å². The van der Waals surface area contributed by atoms with Crippen LogP contribution in [0.3, 0.4) is 0 Å². The average Bonchev–Trinajstić information content (AvgIpc) is 2.72. The van der Waals surface area contributed by atoms with Crippen LogP contribution in [-0.2, 0) is 11.3 Å². The van der Waals surface area contributed by atoms with E-state index >= 15 is 0 Å². The summed E-state index contributed by atoms with van der Waals surface area (Å²) in [5, 5.41) is 3.70. The predicted molar refractivity (Wildman–Crippen MR) is 116 cm³/mol. The highest BCUT2D eigenvalue weighted by Crippen LogP contribution is 2.27. The number of benzene rings is 2. The van der Waals surface area contributed by atoms with E-state index in [1.165, 1.54) is 24.9 Å². The third-order valence-corrected chi connectivity index (χ3v) is 6.51. The van der Waals surface area contributed by atoms with E-state index in [1.54, 1.807) is 11.8 Å². The fourth-order valence-corrected chi connectivity index (χ4v) is 4.38. The summed E-state index contributed by atoms with van der Waals surface area (Å²) in [5.41, 5.74) is 2.42. The minimum absolute atomic E-state index is 0.0811. The molecule has 144 valence electrons. The lowest BCUT2D eigenvalue weighted by molar-refractivity contribution is -0.120. The molecule has 3 rings (SSSR count). The maximum atomic E-state index is 12.6. The molecule has 1 amide bonds. The van der Waals surface area contributed by atoms with Gasteiger partial charge in [-0.2, -0.15) is 0 Å². The molecule has 1 N–H and O–H groups in total. The first-order valence-electron chi connectivity index (χ1n) is 9.69. The molecule has 5 heteroatoms. The van der Waals surface area contributed by atoms with Crippen LogP contribution in [-0.4, -0.2) is 24.2 Å². The fourth-order valence-electron chi connectivity index (χ4n) is 3.28. The van der Waals surface area contributed by atoms with Gasteiger partial charge in [-0.25, -0.2) is 0 Å². The minimum atomic E-state index is -0.0983. The summed E-state index contributed by atoms with van der Waals surface area (Å²) in [4.78, 5) is 16.1. The van der Waals surface area contributed by atoms with Crippen LogP contribution in [0.4, 0.5) is 5.69 Å². The van der Waals surface area contributed by atoms with E-state index in [2.05, 4.69) is 34.5 Å². The lowest BCUT2D eigenvalue weighted by atomic mass is 10.1. The molecular weight excluding hydrogens is 376 g/mol. The van der Waals surface area contributed by atoms with E-state index in [0.717, 1.165) is 30.0 Å². The van der Waals surface area contributed by atoms with Gasteiger partial charge < -0.3 is 10.2 Å². The van der Waals surface area contributed by atoms with Gasteiger partial charge in [0, 0.05) is 35.2 Å². The molecule has 0 radical (unpaired) electrons. The molecule has 0 spiro atoms. The molecule has 1 saturated heterocycles. The van der Waals surface area contributed by atoms with E-state index in [4.69, 9.17) is 11.6 Å². The Bertz CT molecular complexity index is 727. The summed E-state index contributed by atoms with van der Waals surface area (Å²) in [6.45, 7) is 4.91. The molecule has 1 fully saturated rings. The van der Waals surface area contributed by atoms with Gasteiger partial charge in [-0.1, -0.05) is 30.7 Å². The Hall–Kier alpha value is -1.65.